The number of hydrogen-bond donors (Lipinski definition) is 1. The first-order valence-electron chi connectivity index (χ1n) is 8.41. The number of imidazole rings is 1. The molecule has 0 aliphatic carbocycles. The molecule has 0 amide bonds. The second-order valence-corrected chi connectivity index (χ2v) is 8.43. The van der Waals surface area contributed by atoms with Gasteiger partial charge >= 0.3 is 6.18 Å². The third kappa shape index (κ3) is 4.04. The summed E-state index contributed by atoms with van der Waals surface area (Å²) in [6.45, 7) is 1.56. The Labute approximate surface area is 160 Å². The summed E-state index contributed by atoms with van der Waals surface area (Å²) in [5.41, 5.74) is 1.14. The van der Waals surface area contributed by atoms with Crippen LogP contribution >= 0.6 is 0 Å². The van der Waals surface area contributed by atoms with Crippen molar-refractivity contribution >= 4 is 15.7 Å². The summed E-state index contributed by atoms with van der Waals surface area (Å²) in [6.07, 6.45) is -2.98. The maximum absolute atomic E-state index is 12.9. The molecule has 0 unspecified atom stereocenters. The smallest absolute Gasteiger partial charge is 0.338 e. The minimum absolute atomic E-state index is 0.0336. The van der Waals surface area contributed by atoms with Gasteiger partial charge in [-0.1, -0.05) is 24.3 Å². The van der Waals surface area contributed by atoms with Crippen LogP contribution in [-0.4, -0.2) is 31.2 Å². The average Bonchev–Trinajstić information content (AvgIpc) is 3.17. The van der Waals surface area contributed by atoms with E-state index in [9.17, 15) is 21.6 Å². The fraction of sp³-hybridized carbons (Fsp3) is 0.211. The third-order valence-corrected chi connectivity index (χ3v) is 6.12. The van der Waals surface area contributed by atoms with Gasteiger partial charge < -0.3 is 4.98 Å². The molecule has 0 spiro atoms. The number of aromatic amines is 1. The van der Waals surface area contributed by atoms with Crippen molar-refractivity contribution in [3.63, 3.8) is 0 Å². The van der Waals surface area contributed by atoms with Crippen LogP contribution in [0.1, 0.15) is 12.5 Å². The van der Waals surface area contributed by atoms with Gasteiger partial charge in [0, 0.05) is 18.2 Å². The minimum atomic E-state index is -4.43. The lowest BCUT2D eigenvalue weighted by Gasteiger charge is -2.18. The molecule has 2 aromatic carbocycles. The SMILES string of the molecule is CCS(=O)(=O)N(C)c1cccc(-c2ncc(-c3cccc(C(F)(F)F)c3)[nH]2)c1. The second kappa shape index (κ2) is 7.31. The summed E-state index contributed by atoms with van der Waals surface area (Å²) < 4.78 is 64.1. The molecule has 5 nitrogen and oxygen atoms in total. The van der Waals surface area contributed by atoms with Crippen molar-refractivity contribution in [2.45, 2.75) is 13.1 Å². The molecule has 0 aliphatic rings. The summed E-state index contributed by atoms with van der Waals surface area (Å²) in [7, 11) is -1.94. The third-order valence-electron chi connectivity index (χ3n) is 4.34. The van der Waals surface area contributed by atoms with Gasteiger partial charge in [-0.3, -0.25) is 4.31 Å². The van der Waals surface area contributed by atoms with Crippen LogP contribution in [0.25, 0.3) is 22.6 Å². The maximum atomic E-state index is 12.9. The van der Waals surface area contributed by atoms with Crippen molar-refractivity contribution in [2.24, 2.45) is 0 Å². The molecule has 0 saturated heterocycles. The minimum Gasteiger partial charge on any atom is -0.338 e. The van der Waals surface area contributed by atoms with Gasteiger partial charge in [0.15, 0.2) is 0 Å². The van der Waals surface area contributed by atoms with Crippen LogP contribution in [0.2, 0.25) is 0 Å². The fourth-order valence-corrected chi connectivity index (χ4v) is 3.50. The number of halogens is 3. The Morgan fingerprint density at radius 1 is 1.07 bits per heavy atom. The quantitative estimate of drug-likeness (QED) is 0.672. The van der Waals surface area contributed by atoms with E-state index in [0.717, 1.165) is 12.1 Å². The maximum Gasteiger partial charge on any atom is 0.416 e. The molecule has 0 radical (unpaired) electrons. The molecule has 1 heterocycles. The zero-order chi connectivity index (χ0) is 20.5. The number of H-pyrrole nitrogens is 1. The molecule has 3 aromatic rings. The van der Waals surface area contributed by atoms with E-state index in [0.29, 0.717) is 28.3 Å². The molecule has 0 aliphatic heterocycles. The van der Waals surface area contributed by atoms with E-state index in [4.69, 9.17) is 0 Å². The number of benzene rings is 2. The molecule has 1 aromatic heterocycles. The average molecular weight is 409 g/mol. The van der Waals surface area contributed by atoms with Gasteiger partial charge in [0.1, 0.15) is 5.82 Å². The van der Waals surface area contributed by atoms with E-state index in [-0.39, 0.29) is 5.75 Å². The molecule has 3 rings (SSSR count). The van der Waals surface area contributed by atoms with E-state index in [1.165, 1.54) is 23.6 Å². The normalized spacial score (nSPS) is 12.2. The first-order valence-corrected chi connectivity index (χ1v) is 10.0. The lowest BCUT2D eigenvalue weighted by atomic mass is 10.1. The lowest BCUT2D eigenvalue weighted by molar-refractivity contribution is -0.137. The highest BCUT2D eigenvalue weighted by molar-refractivity contribution is 7.92. The van der Waals surface area contributed by atoms with E-state index >= 15 is 0 Å². The Balaban J connectivity index is 1.94. The first kappa shape index (κ1) is 19.9. The summed E-state index contributed by atoms with van der Waals surface area (Å²) in [5.74, 6) is 0.394. The Morgan fingerprint density at radius 3 is 2.43 bits per heavy atom. The number of nitrogens with one attached hydrogen (secondary N) is 1. The highest BCUT2D eigenvalue weighted by Gasteiger charge is 2.30. The Morgan fingerprint density at radius 2 is 1.75 bits per heavy atom. The van der Waals surface area contributed by atoms with Gasteiger partial charge in [-0.05, 0) is 31.2 Å². The van der Waals surface area contributed by atoms with Crippen LogP contribution in [0, 0.1) is 0 Å². The van der Waals surface area contributed by atoms with Crippen molar-refractivity contribution in [1.29, 1.82) is 0 Å². The van der Waals surface area contributed by atoms with E-state index in [1.807, 2.05) is 0 Å². The van der Waals surface area contributed by atoms with E-state index in [1.54, 1.807) is 37.3 Å². The van der Waals surface area contributed by atoms with E-state index in [2.05, 4.69) is 9.97 Å². The number of alkyl halides is 3. The monoisotopic (exact) mass is 409 g/mol. The number of sulfonamides is 1. The van der Waals surface area contributed by atoms with Gasteiger partial charge in [0.25, 0.3) is 0 Å². The number of anilines is 1. The zero-order valence-electron chi connectivity index (χ0n) is 15.2. The predicted octanol–water partition coefficient (Wildman–Crippen LogP) is 4.55. The van der Waals surface area contributed by atoms with Crippen molar-refractivity contribution in [3.8, 4) is 22.6 Å². The van der Waals surface area contributed by atoms with Crippen LogP contribution < -0.4 is 4.31 Å². The largest absolute Gasteiger partial charge is 0.416 e. The van der Waals surface area contributed by atoms with Gasteiger partial charge in [-0.15, -0.1) is 0 Å². The molecule has 9 heteroatoms. The van der Waals surface area contributed by atoms with Crippen molar-refractivity contribution in [1.82, 2.24) is 9.97 Å². The standard InChI is InChI=1S/C19H18F3N3O2S/c1-3-28(26,27)25(2)16-9-5-7-14(11-16)18-23-12-17(24-18)13-6-4-8-15(10-13)19(20,21)22/h4-12H,3H2,1-2H3,(H,23,24). The van der Waals surface area contributed by atoms with Gasteiger partial charge in [-0.2, -0.15) is 13.2 Å². The second-order valence-electron chi connectivity index (χ2n) is 6.14. The topological polar surface area (TPSA) is 66.1 Å². The van der Waals surface area contributed by atoms with Crippen molar-refractivity contribution < 1.29 is 21.6 Å². The van der Waals surface area contributed by atoms with Gasteiger partial charge in [-0.25, -0.2) is 13.4 Å². The molecule has 0 atom stereocenters. The first-order chi connectivity index (χ1) is 13.1. The van der Waals surface area contributed by atoms with E-state index < -0.39 is 21.8 Å². The molecule has 28 heavy (non-hydrogen) atoms. The summed E-state index contributed by atoms with van der Waals surface area (Å²) in [6, 6.07) is 11.7. The molecular weight excluding hydrogens is 391 g/mol. The number of rotatable bonds is 5. The molecular formula is C19H18F3N3O2S. The van der Waals surface area contributed by atoms with Gasteiger partial charge in [0.05, 0.1) is 28.9 Å². The lowest BCUT2D eigenvalue weighted by Crippen LogP contribution is -2.27. The molecule has 148 valence electrons. The van der Waals surface area contributed by atoms with Crippen LogP contribution in [-0.2, 0) is 16.2 Å². The molecule has 1 N–H and O–H groups in total. The Bertz CT molecular complexity index is 1090. The highest BCUT2D eigenvalue weighted by atomic mass is 32.2. The highest BCUT2D eigenvalue weighted by Crippen LogP contribution is 2.32. The van der Waals surface area contributed by atoms with Crippen molar-refractivity contribution in [3.05, 3.63) is 60.3 Å². The predicted molar refractivity (Wildman–Crippen MR) is 102 cm³/mol. The van der Waals surface area contributed by atoms with Crippen LogP contribution in [0.3, 0.4) is 0 Å². The molecule has 0 saturated carbocycles. The summed E-state index contributed by atoms with van der Waals surface area (Å²) >= 11 is 0. The zero-order valence-corrected chi connectivity index (χ0v) is 16.0. The summed E-state index contributed by atoms with van der Waals surface area (Å²) in [4.78, 5) is 7.23. The molecule has 0 bridgehead atoms. The fourth-order valence-electron chi connectivity index (χ4n) is 2.68. The summed E-state index contributed by atoms with van der Waals surface area (Å²) in [5, 5.41) is 0. The Hall–Kier alpha value is -2.81. The number of aromatic nitrogens is 2. The Kier molecular flexibility index (Phi) is 5.20. The van der Waals surface area contributed by atoms with Gasteiger partial charge in [0.2, 0.25) is 10.0 Å². The number of hydrogen-bond acceptors (Lipinski definition) is 3. The van der Waals surface area contributed by atoms with Crippen LogP contribution in [0.15, 0.2) is 54.7 Å². The number of nitrogens with zero attached hydrogens (tertiary/aromatic N) is 2. The van der Waals surface area contributed by atoms with Crippen LogP contribution in [0.5, 0.6) is 0 Å². The molecule has 0 fully saturated rings. The van der Waals surface area contributed by atoms with Crippen LogP contribution in [0.4, 0.5) is 18.9 Å². The van der Waals surface area contributed by atoms with Crippen molar-refractivity contribution in [2.75, 3.05) is 17.1 Å².